The lowest BCUT2D eigenvalue weighted by Crippen LogP contribution is -1.96. The summed E-state index contributed by atoms with van der Waals surface area (Å²) in [6.07, 6.45) is 1.17. The second-order valence-corrected chi connectivity index (χ2v) is 6.41. The number of alkyl halides is 1. The van der Waals surface area contributed by atoms with Gasteiger partial charge in [-0.15, -0.1) is 11.6 Å². The molecule has 2 aromatic rings. The predicted molar refractivity (Wildman–Crippen MR) is 75.6 cm³/mol. The molecule has 0 N–H and O–H groups in total. The summed E-state index contributed by atoms with van der Waals surface area (Å²) in [4.78, 5) is 0.273. The van der Waals surface area contributed by atoms with Gasteiger partial charge in [0.25, 0.3) is 0 Å². The van der Waals surface area contributed by atoms with Crippen LogP contribution in [0.2, 0.25) is 0 Å². The van der Waals surface area contributed by atoms with Gasteiger partial charge in [-0.2, -0.15) is 0 Å². The number of halogens is 1. The molecule has 0 fully saturated rings. The van der Waals surface area contributed by atoms with Crippen LogP contribution in [0.3, 0.4) is 0 Å². The summed E-state index contributed by atoms with van der Waals surface area (Å²) in [7, 11) is -3.18. The van der Waals surface area contributed by atoms with Crippen molar-refractivity contribution in [2.45, 2.75) is 10.8 Å². The van der Waals surface area contributed by atoms with Crippen molar-refractivity contribution in [1.29, 1.82) is 0 Å². The summed E-state index contributed by atoms with van der Waals surface area (Å²) in [5.74, 6) is 1.67. The summed E-state index contributed by atoms with van der Waals surface area (Å²) < 4.78 is 28.3. The highest BCUT2D eigenvalue weighted by molar-refractivity contribution is 7.90. The second-order valence-electron chi connectivity index (χ2n) is 4.13. The Bertz CT molecular complexity index is 663. The SMILES string of the molecule is CS(=O)(=O)c1ccc(Oc2cccc(CCl)c2)cc1. The van der Waals surface area contributed by atoms with Crippen molar-refractivity contribution in [1.82, 2.24) is 0 Å². The summed E-state index contributed by atoms with van der Waals surface area (Å²) >= 11 is 5.75. The maximum absolute atomic E-state index is 11.3. The Morgan fingerprint density at radius 2 is 1.74 bits per heavy atom. The molecule has 0 amide bonds. The molecule has 0 aliphatic rings. The van der Waals surface area contributed by atoms with Crippen LogP contribution in [0.1, 0.15) is 5.56 Å². The van der Waals surface area contributed by atoms with Crippen LogP contribution in [-0.4, -0.2) is 14.7 Å². The fraction of sp³-hybridized carbons (Fsp3) is 0.143. The van der Waals surface area contributed by atoms with Gasteiger partial charge in [0, 0.05) is 12.1 Å². The van der Waals surface area contributed by atoms with E-state index in [0.29, 0.717) is 17.4 Å². The van der Waals surface area contributed by atoms with Crippen LogP contribution in [0.15, 0.2) is 53.4 Å². The number of sulfone groups is 1. The highest BCUT2D eigenvalue weighted by Crippen LogP contribution is 2.24. The molecule has 0 bridgehead atoms. The third kappa shape index (κ3) is 3.72. The van der Waals surface area contributed by atoms with E-state index in [4.69, 9.17) is 16.3 Å². The maximum atomic E-state index is 11.3. The number of benzene rings is 2. The van der Waals surface area contributed by atoms with E-state index in [2.05, 4.69) is 0 Å². The van der Waals surface area contributed by atoms with Gasteiger partial charge in [-0.1, -0.05) is 12.1 Å². The molecule has 100 valence electrons. The van der Waals surface area contributed by atoms with Crippen LogP contribution in [-0.2, 0) is 15.7 Å². The molecule has 3 nitrogen and oxygen atoms in total. The van der Waals surface area contributed by atoms with E-state index in [1.165, 1.54) is 18.4 Å². The standard InChI is InChI=1S/C14H13ClO3S/c1-19(16,17)14-7-5-12(6-8-14)18-13-4-2-3-11(9-13)10-15/h2-9H,10H2,1H3. The Hall–Kier alpha value is -1.52. The molecular formula is C14H13ClO3S. The predicted octanol–water partition coefficient (Wildman–Crippen LogP) is 3.62. The van der Waals surface area contributed by atoms with Gasteiger partial charge in [-0.05, 0) is 42.0 Å². The van der Waals surface area contributed by atoms with Crippen LogP contribution < -0.4 is 4.74 Å². The van der Waals surface area contributed by atoms with Gasteiger partial charge in [-0.25, -0.2) is 8.42 Å². The van der Waals surface area contributed by atoms with E-state index in [0.717, 1.165) is 5.56 Å². The van der Waals surface area contributed by atoms with Gasteiger partial charge in [0.1, 0.15) is 11.5 Å². The molecular weight excluding hydrogens is 284 g/mol. The second kappa shape index (κ2) is 5.63. The van der Waals surface area contributed by atoms with E-state index < -0.39 is 9.84 Å². The molecule has 5 heteroatoms. The summed E-state index contributed by atoms with van der Waals surface area (Å²) in [5, 5.41) is 0. The summed E-state index contributed by atoms with van der Waals surface area (Å²) in [5.41, 5.74) is 0.965. The first-order chi connectivity index (χ1) is 8.99. The Morgan fingerprint density at radius 3 is 2.32 bits per heavy atom. The normalized spacial score (nSPS) is 11.3. The first kappa shape index (κ1) is 13.9. The van der Waals surface area contributed by atoms with Crippen molar-refractivity contribution in [3.8, 4) is 11.5 Å². The largest absolute Gasteiger partial charge is 0.457 e. The Balaban J connectivity index is 2.19. The molecule has 0 aliphatic heterocycles. The molecule has 2 aromatic carbocycles. The molecule has 0 unspecified atom stereocenters. The van der Waals surface area contributed by atoms with Gasteiger partial charge in [0.05, 0.1) is 4.90 Å². The molecule has 19 heavy (non-hydrogen) atoms. The third-order valence-electron chi connectivity index (χ3n) is 2.54. The van der Waals surface area contributed by atoms with Crippen LogP contribution >= 0.6 is 11.6 Å². The highest BCUT2D eigenvalue weighted by Gasteiger charge is 2.06. The van der Waals surface area contributed by atoms with Crippen LogP contribution in [0, 0.1) is 0 Å². The minimum atomic E-state index is -3.18. The highest BCUT2D eigenvalue weighted by atomic mass is 35.5. The molecule has 0 atom stereocenters. The van der Waals surface area contributed by atoms with Gasteiger partial charge >= 0.3 is 0 Å². The fourth-order valence-electron chi connectivity index (χ4n) is 1.58. The quantitative estimate of drug-likeness (QED) is 0.809. The van der Waals surface area contributed by atoms with Gasteiger partial charge in [0.2, 0.25) is 0 Å². The number of ether oxygens (including phenoxy) is 1. The number of rotatable bonds is 4. The van der Waals surface area contributed by atoms with Crippen molar-refractivity contribution in [3.05, 3.63) is 54.1 Å². The van der Waals surface area contributed by atoms with Crippen LogP contribution in [0.5, 0.6) is 11.5 Å². The molecule has 0 heterocycles. The third-order valence-corrected chi connectivity index (χ3v) is 3.98. The zero-order valence-corrected chi connectivity index (χ0v) is 11.9. The van der Waals surface area contributed by atoms with Gasteiger partial charge in [0.15, 0.2) is 9.84 Å². The first-order valence-corrected chi connectivity index (χ1v) is 8.04. The lowest BCUT2D eigenvalue weighted by atomic mass is 10.2. The minimum absolute atomic E-state index is 0.273. The lowest BCUT2D eigenvalue weighted by molar-refractivity contribution is 0.481. The monoisotopic (exact) mass is 296 g/mol. The molecule has 2 rings (SSSR count). The van der Waals surface area contributed by atoms with Gasteiger partial charge < -0.3 is 4.74 Å². The smallest absolute Gasteiger partial charge is 0.175 e. The van der Waals surface area contributed by atoms with Crippen molar-refractivity contribution in [2.24, 2.45) is 0 Å². The zero-order chi connectivity index (χ0) is 13.9. The maximum Gasteiger partial charge on any atom is 0.175 e. The summed E-state index contributed by atoms with van der Waals surface area (Å²) in [6, 6.07) is 13.7. The lowest BCUT2D eigenvalue weighted by Gasteiger charge is -2.07. The molecule has 0 aromatic heterocycles. The van der Waals surface area contributed by atoms with Crippen molar-refractivity contribution < 1.29 is 13.2 Å². The molecule has 0 spiro atoms. The minimum Gasteiger partial charge on any atom is -0.457 e. The Labute approximate surface area is 117 Å². The molecule has 0 saturated heterocycles. The van der Waals surface area contributed by atoms with Crippen LogP contribution in [0.4, 0.5) is 0 Å². The van der Waals surface area contributed by atoms with Crippen molar-refractivity contribution >= 4 is 21.4 Å². The van der Waals surface area contributed by atoms with Gasteiger partial charge in [-0.3, -0.25) is 0 Å². The van der Waals surface area contributed by atoms with Crippen molar-refractivity contribution in [2.75, 3.05) is 6.26 Å². The number of hydrogen-bond acceptors (Lipinski definition) is 3. The zero-order valence-electron chi connectivity index (χ0n) is 10.3. The van der Waals surface area contributed by atoms with Crippen molar-refractivity contribution in [3.63, 3.8) is 0 Å². The first-order valence-electron chi connectivity index (χ1n) is 5.62. The average molecular weight is 297 g/mol. The average Bonchev–Trinajstić information content (AvgIpc) is 2.38. The Morgan fingerprint density at radius 1 is 1.05 bits per heavy atom. The molecule has 0 saturated carbocycles. The fourth-order valence-corrected chi connectivity index (χ4v) is 2.38. The van der Waals surface area contributed by atoms with E-state index in [1.807, 2.05) is 24.3 Å². The molecule has 0 radical (unpaired) electrons. The number of hydrogen-bond donors (Lipinski definition) is 0. The van der Waals surface area contributed by atoms with Crippen LogP contribution in [0.25, 0.3) is 0 Å². The van der Waals surface area contributed by atoms with E-state index in [1.54, 1.807) is 12.1 Å². The summed E-state index contributed by atoms with van der Waals surface area (Å²) in [6.45, 7) is 0. The Kier molecular flexibility index (Phi) is 4.12. The van der Waals surface area contributed by atoms with E-state index in [9.17, 15) is 8.42 Å². The van der Waals surface area contributed by atoms with E-state index in [-0.39, 0.29) is 4.90 Å². The van der Waals surface area contributed by atoms with E-state index >= 15 is 0 Å². The molecule has 0 aliphatic carbocycles. The topological polar surface area (TPSA) is 43.4 Å².